The fourth-order valence-corrected chi connectivity index (χ4v) is 3.76. The molecule has 0 heterocycles. The number of nitrogens with zero attached hydrogens (tertiary/aromatic N) is 1. The van der Waals surface area contributed by atoms with E-state index in [1.807, 2.05) is 24.3 Å². The van der Waals surface area contributed by atoms with E-state index in [1.165, 1.54) is 11.1 Å². The normalized spacial score (nSPS) is 11.9. The number of aliphatic hydroxyl groups is 1. The molecule has 2 aromatic rings. The van der Waals surface area contributed by atoms with Crippen LogP contribution in [0.5, 0.6) is 0 Å². The van der Waals surface area contributed by atoms with Crippen LogP contribution >= 0.6 is 7.60 Å². The van der Waals surface area contributed by atoms with E-state index in [0.717, 1.165) is 50.0 Å². The summed E-state index contributed by atoms with van der Waals surface area (Å²) in [6.45, 7) is 4.77. The zero-order valence-electron chi connectivity index (χ0n) is 16.6. The Morgan fingerprint density at radius 2 is 1.29 bits per heavy atom. The van der Waals surface area contributed by atoms with Crippen molar-refractivity contribution in [3.63, 3.8) is 0 Å². The summed E-state index contributed by atoms with van der Waals surface area (Å²) in [4.78, 5) is 20.3. The number of aryl methyl sites for hydroxylation is 2. The van der Waals surface area contributed by atoms with Crippen LogP contribution in [0.4, 0.5) is 0 Å². The van der Waals surface area contributed by atoms with Crippen molar-refractivity contribution < 1.29 is 19.5 Å². The fourth-order valence-electron chi connectivity index (χ4n) is 3.21. The first-order valence-electron chi connectivity index (χ1n) is 9.93. The van der Waals surface area contributed by atoms with Crippen molar-refractivity contribution in [3.05, 3.63) is 70.8 Å². The third-order valence-electron chi connectivity index (χ3n) is 4.72. The topological polar surface area (TPSA) is 81.0 Å². The minimum Gasteiger partial charge on any atom is -0.396 e. The average Bonchev–Trinajstić information content (AvgIpc) is 2.66. The first-order valence-corrected chi connectivity index (χ1v) is 11.7. The van der Waals surface area contributed by atoms with E-state index in [1.54, 1.807) is 0 Å². The highest BCUT2D eigenvalue weighted by molar-refractivity contribution is 7.51. The van der Waals surface area contributed by atoms with Crippen LogP contribution in [0.1, 0.15) is 42.0 Å². The highest BCUT2D eigenvalue weighted by Crippen LogP contribution is 2.34. The fraction of sp³-hybridized carbons (Fsp3) is 0.455. The molecular weight excluding hydrogens is 373 g/mol. The van der Waals surface area contributed by atoms with Crippen LogP contribution in [0.2, 0.25) is 0 Å². The Bertz CT molecular complexity index is 740. The standard InChI is InChI=1S/C22H32NO4P/c1-2-4-19-5-9-21(10-6-19)17-23(14-3-15-24)18-22-11-7-20(8-12-22)13-16-28(25,26)27/h5-12,24H,2-4,13-18H2,1H3,(H2,25,26,27). The Morgan fingerprint density at radius 3 is 1.71 bits per heavy atom. The maximum Gasteiger partial charge on any atom is 0.325 e. The molecule has 0 aromatic heterocycles. The van der Waals surface area contributed by atoms with E-state index in [0.29, 0.717) is 6.42 Å². The van der Waals surface area contributed by atoms with E-state index >= 15 is 0 Å². The summed E-state index contributed by atoms with van der Waals surface area (Å²) in [6, 6.07) is 16.7. The van der Waals surface area contributed by atoms with Gasteiger partial charge in [0.25, 0.3) is 0 Å². The number of hydrogen-bond donors (Lipinski definition) is 3. The summed E-state index contributed by atoms with van der Waals surface area (Å²) in [6.07, 6.45) is 3.23. The second-order valence-corrected chi connectivity index (χ2v) is 9.09. The largest absolute Gasteiger partial charge is 0.396 e. The van der Waals surface area contributed by atoms with Crippen LogP contribution in [0, 0.1) is 0 Å². The maximum atomic E-state index is 11.0. The van der Waals surface area contributed by atoms with Gasteiger partial charge >= 0.3 is 7.60 Å². The van der Waals surface area contributed by atoms with Gasteiger partial charge in [-0.1, -0.05) is 61.9 Å². The number of rotatable bonds is 12. The second kappa shape index (κ2) is 11.5. The lowest BCUT2D eigenvalue weighted by atomic mass is 10.1. The molecule has 5 nitrogen and oxygen atoms in total. The van der Waals surface area contributed by atoms with Crippen LogP contribution in [-0.2, 0) is 30.5 Å². The molecule has 0 aliphatic carbocycles. The molecule has 0 radical (unpaired) electrons. The lowest BCUT2D eigenvalue weighted by Gasteiger charge is -2.22. The van der Waals surface area contributed by atoms with Crippen molar-refractivity contribution in [2.24, 2.45) is 0 Å². The highest BCUT2D eigenvalue weighted by atomic mass is 31.2. The van der Waals surface area contributed by atoms with Gasteiger partial charge in [-0.25, -0.2) is 0 Å². The quantitative estimate of drug-likeness (QED) is 0.469. The van der Waals surface area contributed by atoms with Gasteiger partial charge in [-0.05, 0) is 41.5 Å². The van der Waals surface area contributed by atoms with E-state index in [4.69, 9.17) is 9.79 Å². The third-order valence-corrected chi connectivity index (χ3v) is 5.53. The van der Waals surface area contributed by atoms with Crippen LogP contribution in [0.15, 0.2) is 48.5 Å². The Kier molecular flexibility index (Phi) is 9.36. The van der Waals surface area contributed by atoms with E-state index in [9.17, 15) is 9.67 Å². The summed E-state index contributed by atoms with van der Waals surface area (Å²) >= 11 is 0. The van der Waals surface area contributed by atoms with Crippen molar-refractivity contribution in [2.45, 2.75) is 45.7 Å². The Morgan fingerprint density at radius 1 is 0.821 bits per heavy atom. The van der Waals surface area contributed by atoms with Crippen LogP contribution < -0.4 is 0 Å². The third kappa shape index (κ3) is 8.68. The van der Waals surface area contributed by atoms with Gasteiger partial charge in [0.05, 0.1) is 6.16 Å². The Balaban J connectivity index is 1.97. The van der Waals surface area contributed by atoms with Crippen molar-refractivity contribution in [1.82, 2.24) is 4.90 Å². The van der Waals surface area contributed by atoms with Crippen molar-refractivity contribution in [3.8, 4) is 0 Å². The van der Waals surface area contributed by atoms with Crippen LogP contribution in [0.25, 0.3) is 0 Å². The summed E-state index contributed by atoms with van der Waals surface area (Å²) in [5.41, 5.74) is 4.70. The van der Waals surface area contributed by atoms with Crippen LogP contribution in [-0.4, -0.2) is 39.1 Å². The molecule has 2 aromatic carbocycles. The van der Waals surface area contributed by atoms with E-state index < -0.39 is 7.60 Å². The second-order valence-electron chi connectivity index (χ2n) is 7.31. The van der Waals surface area contributed by atoms with Gasteiger partial charge in [0.15, 0.2) is 0 Å². The SMILES string of the molecule is CCCc1ccc(CN(CCCO)Cc2ccc(CCP(=O)(O)O)cc2)cc1. The number of benzene rings is 2. The molecule has 6 heteroatoms. The van der Waals surface area contributed by atoms with Gasteiger partial charge in [-0.15, -0.1) is 0 Å². The molecule has 0 spiro atoms. The molecule has 0 saturated heterocycles. The minimum atomic E-state index is -3.96. The Hall–Kier alpha value is -1.49. The highest BCUT2D eigenvalue weighted by Gasteiger charge is 2.12. The molecule has 28 heavy (non-hydrogen) atoms. The van der Waals surface area contributed by atoms with Gasteiger partial charge in [0.1, 0.15) is 0 Å². The summed E-state index contributed by atoms with van der Waals surface area (Å²) in [5.74, 6) is 0. The molecule has 154 valence electrons. The molecule has 0 amide bonds. The van der Waals surface area contributed by atoms with Crippen molar-refractivity contribution in [1.29, 1.82) is 0 Å². The average molecular weight is 405 g/mol. The summed E-state index contributed by atoms with van der Waals surface area (Å²) in [5, 5.41) is 9.21. The van der Waals surface area contributed by atoms with Crippen LogP contribution in [0.3, 0.4) is 0 Å². The molecular formula is C22H32NO4P. The van der Waals surface area contributed by atoms with E-state index in [-0.39, 0.29) is 12.8 Å². The van der Waals surface area contributed by atoms with E-state index in [2.05, 4.69) is 36.1 Å². The minimum absolute atomic E-state index is 0.122. The Labute approximate surface area is 168 Å². The first-order chi connectivity index (χ1) is 13.4. The number of hydrogen-bond acceptors (Lipinski definition) is 3. The van der Waals surface area contributed by atoms with Gasteiger partial charge in [-0.3, -0.25) is 9.46 Å². The van der Waals surface area contributed by atoms with Gasteiger partial charge in [-0.2, -0.15) is 0 Å². The van der Waals surface area contributed by atoms with Crippen molar-refractivity contribution in [2.75, 3.05) is 19.3 Å². The maximum absolute atomic E-state index is 11.0. The zero-order chi connectivity index (χ0) is 20.4. The predicted molar refractivity (Wildman–Crippen MR) is 113 cm³/mol. The molecule has 0 aliphatic rings. The molecule has 0 atom stereocenters. The smallest absolute Gasteiger partial charge is 0.325 e. The molecule has 0 aliphatic heterocycles. The molecule has 0 unspecified atom stereocenters. The molecule has 0 bridgehead atoms. The first kappa shape index (κ1) is 22.8. The summed E-state index contributed by atoms with van der Waals surface area (Å²) < 4.78 is 11.0. The molecule has 2 rings (SSSR count). The number of aliphatic hydroxyl groups excluding tert-OH is 1. The predicted octanol–water partition coefficient (Wildman–Crippen LogP) is 3.74. The monoisotopic (exact) mass is 405 g/mol. The summed E-state index contributed by atoms with van der Waals surface area (Å²) in [7, 11) is -3.96. The molecule has 0 fully saturated rings. The van der Waals surface area contributed by atoms with Crippen molar-refractivity contribution >= 4 is 7.60 Å². The van der Waals surface area contributed by atoms with Gasteiger partial charge in [0, 0.05) is 26.2 Å². The molecule has 3 N–H and O–H groups in total. The lowest BCUT2D eigenvalue weighted by molar-refractivity contribution is 0.212. The molecule has 0 saturated carbocycles. The van der Waals surface area contributed by atoms with Gasteiger partial charge in [0.2, 0.25) is 0 Å². The van der Waals surface area contributed by atoms with Gasteiger partial charge < -0.3 is 14.9 Å². The zero-order valence-corrected chi connectivity index (χ0v) is 17.5. The lowest BCUT2D eigenvalue weighted by Crippen LogP contribution is -2.24.